The largest absolute Gasteiger partial charge is 0.460 e. The Balaban J connectivity index is 2.50. The van der Waals surface area contributed by atoms with E-state index in [-0.39, 0.29) is 11.6 Å². The molecule has 0 heterocycles. The van der Waals surface area contributed by atoms with Gasteiger partial charge in [-0.2, -0.15) is 0 Å². The third-order valence-corrected chi connectivity index (χ3v) is 4.31. The molecule has 0 aliphatic carbocycles. The lowest BCUT2D eigenvalue weighted by atomic mass is 9.91. The summed E-state index contributed by atoms with van der Waals surface area (Å²) in [6.45, 7) is 13.0. The lowest BCUT2D eigenvalue weighted by Crippen LogP contribution is -2.25. The molecule has 1 rings (SSSR count). The second-order valence-electron chi connectivity index (χ2n) is 7.03. The van der Waals surface area contributed by atoms with Crippen molar-refractivity contribution in [2.75, 3.05) is 0 Å². The number of rotatable bonds is 8. The highest BCUT2D eigenvalue weighted by molar-refractivity contribution is 5.75. The summed E-state index contributed by atoms with van der Waals surface area (Å²) in [5.41, 5.74) is 1.61. The molecule has 0 fully saturated rings. The van der Waals surface area contributed by atoms with Crippen LogP contribution in [0.3, 0.4) is 0 Å². The van der Waals surface area contributed by atoms with E-state index in [1.807, 2.05) is 45.0 Å². The maximum absolute atomic E-state index is 11.9. The molecule has 124 valence electrons. The van der Waals surface area contributed by atoms with Gasteiger partial charge in [0.25, 0.3) is 0 Å². The molecule has 1 aromatic rings. The fraction of sp³-hybridized carbons (Fsp3) is 0.632. The van der Waals surface area contributed by atoms with Crippen LogP contribution in [0.2, 0.25) is 0 Å². The molecule has 22 heavy (non-hydrogen) atoms. The van der Waals surface area contributed by atoms with Gasteiger partial charge in [-0.25, -0.2) is 0 Å². The lowest BCUT2D eigenvalue weighted by molar-refractivity contribution is -0.155. The molecule has 0 unspecified atom stereocenters. The van der Waals surface area contributed by atoms with E-state index in [1.165, 1.54) is 0 Å². The molecule has 0 N–H and O–H groups in total. The summed E-state index contributed by atoms with van der Waals surface area (Å²) in [6, 6.07) is 8.04. The first-order chi connectivity index (χ1) is 10.2. The smallest absolute Gasteiger partial charge is 0.311 e. The van der Waals surface area contributed by atoms with Crippen molar-refractivity contribution in [2.24, 2.45) is 5.41 Å². The van der Waals surface area contributed by atoms with Crippen molar-refractivity contribution in [3.05, 3.63) is 35.4 Å². The van der Waals surface area contributed by atoms with Crippen molar-refractivity contribution in [3.63, 3.8) is 0 Å². The van der Waals surface area contributed by atoms with Crippen molar-refractivity contribution in [3.8, 4) is 0 Å². The molecule has 0 atom stereocenters. The number of carbonyl (C=O) groups excluding carboxylic acids is 1. The van der Waals surface area contributed by atoms with Gasteiger partial charge in [0, 0.05) is 0 Å². The van der Waals surface area contributed by atoms with Crippen molar-refractivity contribution in [1.82, 2.24) is 0 Å². The third-order valence-electron chi connectivity index (χ3n) is 4.31. The van der Waals surface area contributed by atoms with E-state index in [4.69, 9.17) is 9.47 Å². The summed E-state index contributed by atoms with van der Waals surface area (Å²) in [5.74, 6) is -0.146. The number of hydrogen-bond acceptors (Lipinski definition) is 3. The van der Waals surface area contributed by atoms with Crippen molar-refractivity contribution in [1.29, 1.82) is 0 Å². The van der Waals surface area contributed by atoms with Gasteiger partial charge < -0.3 is 9.47 Å². The van der Waals surface area contributed by atoms with E-state index >= 15 is 0 Å². The normalized spacial score (nSPS) is 12.3. The molecule has 0 bridgehead atoms. The molecule has 0 saturated heterocycles. The quantitative estimate of drug-likeness (QED) is 0.643. The summed E-state index contributed by atoms with van der Waals surface area (Å²) in [7, 11) is 0. The van der Waals surface area contributed by atoms with Crippen LogP contribution in [0.1, 0.15) is 65.5 Å². The highest BCUT2D eigenvalue weighted by atomic mass is 16.5. The molecule has 0 saturated carbocycles. The first kappa shape index (κ1) is 18.7. The van der Waals surface area contributed by atoms with Crippen molar-refractivity contribution < 1.29 is 14.3 Å². The molecule has 0 aliphatic heterocycles. The number of hydrogen-bond donors (Lipinski definition) is 0. The third kappa shape index (κ3) is 5.80. The second-order valence-corrected chi connectivity index (χ2v) is 7.03. The van der Waals surface area contributed by atoms with Gasteiger partial charge in [-0.15, -0.1) is 0 Å². The zero-order valence-corrected chi connectivity index (χ0v) is 14.9. The second kappa shape index (κ2) is 7.77. The van der Waals surface area contributed by atoms with Crippen LogP contribution in [0.25, 0.3) is 0 Å². The van der Waals surface area contributed by atoms with Crippen LogP contribution in [-0.2, 0) is 27.5 Å². The summed E-state index contributed by atoms with van der Waals surface area (Å²) in [4.78, 5) is 11.9. The Hall–Kier alpha value is -1.35. The first-order valence-electron chi connectivity index (χ1n) is 8.09. The van der Waals surface area contributed by atoms with Gasteiger partial charge in [0.15, 0.2) is 0 Å². The zero-order valence-electron chi connectivity index (χ0n) is 14.9. The van der Waals surface area contributed by atoms with Crippen molar-refractivity contribution >= 4 is 5.97 Å². The molecule has 0 aliphatic rings. The first-order valence-corrected chi connectivity index (χ1v) is 8.09. The Morgan fingerprint density at radius 1 is 0.909 bits per heavy atom. The molecule has 0 amide bonds. The predicted molar refractivity (Wildman–Crippen MR) is 89.5 cm³/mol. The van der Waals surface area contributed by atoms with Gasteiger partial charge in [0.1, 0.15) is 6.61 Å². The average Bonchev–Trinajstić information content (AvgIpc) is 2.51. The van der Waals surface area contributed by atoms with E-state index < -0.39 is 5.41 Å². The minimum atomic E-state index is -0.417. The SMILES string of the molecule is CCC(C)(C)OCc1ccc(COC(=O)C(C)(C)CC)cc1. The van der Waals surface area contributed by atoms with Gasteiger partial charge in [-0.1, -0.05) is 38.1 Å². The van der Waals surface area contributed by atoms with Crippen LogP contribution in [0.5, 0.6) is 0 Å². The molecular formula is C19H30O3. The fourth-order valence-corrected chi connectivity index (χ4v) is 1.60. The van der Waals surface area contributed by atoms with Crippen LogP contribution in [0, 0.1) is 5.41 Å². The monoisotopic (exact) mass is 306 g/mol. The summed E-state index contributed by atoms with van der Waals surface area (Å²) in [6.07, 6.45) is 1.75. The van der Waals surface area contributed by atoms with Gasteiger partial charge in [-0.05, 0) is 51.7 Å². The Morgan fingerprint density at radius 3 is 1.86 bits per heavy atom. The molecule has 3 nitrogen and oxygen atoms in total. The maximum Gasteiger partial charge on any atom is 0.311 e. The van der Waals surface area contributed by atoms with Crippen LogP contribution in [0.15, 0.2) is 24.3 Å². The van der Waals surface area contributed by atoms with Crippen molar-refractivity contribution in [2.45, 2.75) is 73.2 Å². The Labute approximate surface area is 135 Å². The number of benzene rings is 1. The highest BCUT2D eigenvalue weighted by Crippen LogP contribution is 2.22. The Morgan fingerprint density at radius 2 is 1.41 bits per heavy atom. The van der Waals surface area contributed by atoms with Gasteiger partial charge in [0.2, 0.25) is 0 Å². The maximum atomic E-state index is 11.9. The topological polar surface area (TPSA) is 35.5 Å². The van der Waals surface area contributed by atoms with E-state index in [0.29, 0.717) is 13.2 Å². The molecule has 0 aromatic heterocycles. The number of carbonyl (C=O) groups is 1. The van der Waals surface area contributed by atoms with Crippen LogP contribution < -0.4 is 0 Å². The van der Waals surface area contributed by atoms with Crippen LogP contribution in [-0.4, -0.2) is 11.6 Å². The van der Waals surface area contributed by atoms with E-state index in [9.17, 15) is 4.79 Å². The van der Waals surface area contributed by atoms with Gasteiger partial charge in [0.05, 0.1) is 17.6 Å². The lowest BCUT2D eigenvalue weighted by Gasteiger charge is -2.23. The molecule has 0 radical (unpaired) electrons. The zero-order chi connectivity index (χ0) is 16.8. The van der Waals surface area contributed by atoms with E-state index in [1.54, 1.807) is 0 Å². The van der Waals surface area contributed by atoms with Gasteiger partial charge in [-0.3, -0.25) is 4.79 Å². The fourth-order valence-electron chi connectivity index (χ4n) is 1.60. The minimum absolute atomic E-state index is 0.0973. The molecule has 1 aromatic carbocycles. The molecule has 3 heteroatoms. The minimum Gasteiger partial charge on any atom is -0.460 e. The molecular weight excluding hydrogens is 276 g/mol. The summed E-state index contributed by atoms with van der Waals surface area (Å²) in [5, 5.41) is 0. The number of esters is 1. The van der Waals surface area contributed by atoms with E-state index in [0.717, 1.165) is 24.0 Å². The Bertz CT molecular complexity index is 472. The molecule has 0 spiro atoms. The Kier molecular flexibility index (Phi) is 6.61. The standard InChI is InChI=1S/C19H30O3/c1-7-18(3,4)17(20)21-13-15-9-11-16(12-10-15)14-22-19(5,6)8-2/h9-12H,7-8,13-14H2,1-6H3. The predicted octanol–water partition coefficient (Wildman–Crippen LogP) is 4.87. The van der Waals surface area contributed by atoms with Crippen LogP contribution in [0.4, 0.5) is 0 Å². The van der Waals surface area contributed by atoms with Crippen LogP contribution >= 0.6 is 0 Å². The average molecular weight is 306 g/mol. The van der Waals surface area contributed by atoms with Gasteiger partial charge >= 0.3 is 5.97 Å². The summed E-state index contributed by atoms with van der Waals surface area (Å²) >= 11 is 0. The number of ether oxygens (including phenoxy) is 2. The highest BCUT2D eigenvalue weighted by Gasteiger charge is 2.26. The van der Waals surface area contributed by atoms with E-state index in [2.05, 4.69) is 20.8 Å². The summed E-state index contributed by atoms with van der Waals surface area (Å²) < 4.78 is 11.3.